The molecule has 3 heterocycles. The Morgan fingerprint density at radius 2 is 1.76 bits per heavy atom. The molecule has 0 unspecified atom stereocenters. The van der Waals surface area contributed by atoms with Crippen LogP contribution in [-0.4, -0.2) is 34.7 Å². The number of pyridine rings is 1. The van der Waals surface area contributed by atoms with Gasteiger partial charge in [-0.15, -0.1) is 5.10 Å². The molecule has 0 radical (unpaired) electrons. The number of aromatic nitrogens is 3. The Hall–Kier alpha value is -2.88. The van der Waals surface area contributed by atoms with Crippen molar-refractivity contribution in [2.45, 2.75) is 52.1 Å². The fourth-order valence-corrected chi connectivity index (χ4v) is 5.94. The van der Waals surface area contributed by atoms with Crippen molar-refractivity contribution in [3.63, 3.8) is 0 Å². The van der Waals surface area contributed by atoms with E-state index in [4.69, 9.17) is 0 Å². The number of aryl methyl sites for hydroxylation is 1. The van der Waals surface area contributed by atoms with Crippen molar-refractivity contribution in [1.82, 2.24) is 14.8 Å². The highest BCUT2D eigenvalue weighted by molar-refractivity contribution is 7.91. The Kier molecular flexibility index (Phi) is 6.22. The first-order valence-electron chi connectivity index (χ1n) is 10.8. The molecule has 0 bridgehead atoms. The zero-order valence-electron chi connectivity index (χ0n) is 18.7. The maximum Gasteiger partial charge on any atom is 0.264 e. The molecule has 0 spiro atoms. The molecule has 4 rings (SSSR count). The lowest BCUT2D eigenvalue weighted by atomic mass is 9.97. The van der Waals surface area contributed by atoms with Crippen LogP contribution >= 0.6 is 0 Å². The molecule has 1 saturated heterocycles. The largest absolute Gasteiger partial charge is 0.361 e. The number of nitrogens with zero attached hydrogens (tertiary/aromatic N) is 3. The number of fused-ring (bicyclic) bond motifs is 1. The summed E-state index contributed by atoms with van der Waals surface area (Å²) in [5.74, 6) is 0.539. The Bertz CT molecular complexity index is 1360. The summed E-state index contributed by atoms with van der Waals surface area (Å²) in [6, 6.07) is 5.76. The van der Waals surface area contributed by atoms with Crippen molar-refractivity contribution in [3.8, 4) is 0 Å². The average Bonchev–Trinajstić information content (AvgIpc) is 2.75. The highest BCUT2D eigenvalue weighted by atomic mass is 32.2. The van der Waals surface area contributed by atoms with E-state index in [0.717, 1.165) is 0 Å². The number of nitrogens with one attached hydrogen (secondary N) is 1. The van der Waals surface area contributed by atoms with Crippen LogP contribution in [0.4, 0.5) is 14.6 Å². The molecule has 1 aliphatic heterocycles. The molecule has 1 atom stereocenters. The van der Waals surface area contributed by atoms with Crippen LogP contribution in [0.25, 0.3) is 10.8 Å². The van der Waals surface area contributed by atoms with E-state index in [-0.39, 0.29) is 34.7 Å². The number of alkyl halides is 2. The van der Waals surface area contributed by atoms with Gasteiger partial charge in [-0.05, 0) is 44.7 Å². The van der Waals surface area contributed by atoms with Crippen molar-refractivity contribution < 1.29 is 17.2 Å². The zero-order chi connectivity index (χ0) is 23.9. The molecule has 7 nitrogen and oxygen atoms in total. The minimum absolute atomic E-state index is 0.0120. The van der Waals surface area contributed by atoms with E-state index in [0.29, 0.717) is 46.3 Å². The summed E-state index contributed by atoms with van der Waals surface area (Å²) >= 11 is 0. The number of anilines is 1. The fraction of sp³-hybridized carbons (Fsp3) is 0.435. The molecule has 1 aliphatic rings. The van der Waals surface area contributed by atoms with E-state index in [1.807, 2.05) is 6.92 Å². The van der Waals surface area contributed by atoms with Crippen LogP contribution in [0.1, 0.15) is 60.7 Å². The van der Waals surface area contributed by atoms with Gasteiger partial charge in [-0.1, -0.05) is 18.2 Å². The van der Waals surface area contributed by atoms with Gasteiger partial charge in [0.05, 0.1) is 23.2 Å². The van der Waals surface area contributed by atoms with Gasteiger partial charge in [0.25, 0.3) is 12.0 Å². The van der Waals surface area contributed by atoms with Crippen LogP contribution in [0.2, 0.25) is 0 Å². The van der Waals surface area contributed by atoms with Gasteiger partial charge in [-0.3, -0.25) is 4.79 Å². The molecule has 1 fully saturated rings. The van der Waals surface area contributed by atoms with Crippen LogP contribution in [0, 0.1) is 13.8 Å². The molecule has 10 heteroatoms. The lowest BCUT2D eigenvalue weighted by Crippen LogP contribution is -2.31. The zero-order valence-corrected chi connectivity index (χ0v) is 19.5. The van der Waals surface area contributed by atoms with Crippen molar-refractivity contribution in [1.29, 1.82) is 0 Å². The number of hydrogen-bond donors (Lipinski definition) is 1. The average molecular weight is 477 g/mol. The predicted octanol–water partition coefficient (Wildman–Crippen LogP) is 4.27. The first kappa shape index (κ1) is 23.3. The fourth-order valence-electron chi connectivity index (χ4n) is 4.48. The normalized spacial score (nSPS) is 17.4. The summed E-state index contributed by atoms with van der Waals surface area (Å²) in [5, 5.41) is 13.0. The van der Waals surface area contributed by atoms with Gasteiger partial charge in [0, 0.05) is 34.6 Å². The molecule has 33 heavy (non-hydrogen) atoms. The van der Waals surface area contributed by atoms with Crippen LogP contribution in [0.5, 0.6) is 0 Å². The molecule has 0 saturated carbocycles. The van der Waals surface area contributed by atoms with Crippen molar-refractivity contribution >= 4 is 26.4 Å². The van der Waals surface area contributed by atoms with E-state index >= 15 is 0 Å². The first-order valence-corrected chi connectivity index (χ1v) is 12.6. The maximum atomic E-state index is 13.3. The number of rotatable bonds is 5. The van der Waals surface area contributed by atoms with Gasteiger partial charge in [-0.25, -0.2) is 17.2 Å². The molecular formula is C23H26F2N4O3S. The van der Waals surface area contributed by atoms with E-state index < -0.39 is 16.3 Å². The first-order chi connectivity index (χ1) is 15.6. The summed E-state index contributed by atoms with van der Waals surface area (Å²) in [6.45, 7) is 5.28. The van der Waals surface area contributed by atoms with Gasteiger partial charge in [0.1, 0.15) is 9.84 Å². The number of sulfone groups is 1. The van der Waals surface area contributed by atoms with Gasteiger partial charge in [0.15, 0.2) is 5.82 Å². The maximum absolute atomic E-state index is 13.3. The SMILES string of the molecule is Cc1c(C(F)F)cccc1[C@@H](C)Nc1nnc(C)c2cc(=O)n(C3CCS(=O)(=O)CC3)cc12. The molecule has 2 aromatic heterocycles. The molecule has 3 aromatic rings. The molecular weight excluding hydrogens is 450 g/mol. The van der Waals surface area contributed by atoms with Crippen LogP contribution in [0.3, 0.4) is 0 Å². The molecule has 0 aliphatic carbocycles. The molecule has 0 amide bonds. The van der Waals surface area contributed by atoms with Crippen molar-refractivity contribution in [2.75, 3.05) is 16.8 Å². The lowest BCUT2D eigenvalue weighted by Gasteiger charge is -2.25. The standard InChI is InChI=1S/C23H26F2N4O3S/c1-13-17(5-4-6-18(13)22(24)25)14(2)26-23-20-12-29(16-7-9-33(31,32)10-8-16)21(30)11-19(20)15(3)27-28-23/h4-6,11-12,14,16,22H,7-10H2,1-3H3,(H,26,28)/t14-/m1/s1. The van der Waals surface area contributed by atoms with Crippen molar-refractivity contribution in [3.05, 3.63) is 63.2 Å². The Morgan fingerprint density at radius 3 is 2.42 bits per heavy atom. The number of hydrogen-bond acceptors (Lipinski definition) is 6. The number of benzene rings is 1. The highest BCUT2D eigenvalue weighted by Gasteiger charge is 2.26. The predicted molar refractivity (Wildman–Crippen MR) is 124 cm³/mol. The summed E-state index contributed by atoms with van der Waals surface area (Å²) < 4.78 is 51.9. The van der Waals surface area contributed by atoms with Gasteiger partial charge >= 0.3 is 0 Å². The van der Waals surface area contributed by atoms with E-state index in [1.54, 1.807) is 36.7 Å². The third-order valence-corrected chi connectivity index (χ3v) is 8.13. The Labute approximate surface area is 190 Å². The second-order valence-corrected chi connectivity index (χ2v) is 10.9. The lowest BCUT2D eigenvalue weighted by molar-refractivity contribution is 0.150. The van der Waals surface area contributed by atoms with E-state index in [2.05, 4.69) is 15.5 Å². The molecule has 1 N–H and O–H groups in total. The van der Waals surface area contributed by atoms with E-state index in [1.165, 1.54) is 12.1 Å². The van der Waals surface area contributed by atoms with Crippen LogP contribution < -0.4 is 10.9 Å². The summed E-state index contributed by atoms with van der Waals surface area (Å²) in [4.78, 5) is 12.8. The van der Waals surface area contributed by atoms with E-state index in [9.17, 15) is 22.0 Å². The summed E-state index contributed by atoms with van der Waals surface area (Å²) in [6.07, 6.45) is -0.0982. The minimum atomic E-state index is -3.06. The van der Waals surface area contributed by atoms with Gasteiger partial charge < -0.3 is 9.88 Å². The summed E-state index contributed by atoms with van der Waals surface area (Å²) in [7, 11) is -3.06. The summed E-state index contributed by atoms with van der Waals surface area (Å²) in [5.41, 5.74) is 1.59. The Balaban J connectivity index is 1.73. The van der Waals surface area contributed by atoms with Crippen LogP contribution in [-0.2, 0) is 9.84 Å². The topological polar surface area (TPSA) is 93.9 Å². The van der Waals surface area contributed by atoms with Gasteiger partial charge in [-0.2, -0.15) is 5.10 Å². The Morgan fingerprint density at radius 1 is 1.09 bits per heavy atom. The second kappa shape index (κ2) is 8.81. The third kappa shape index (κ3) is 4.62. The van der Waals surface area contributed by atoms with Crippen molar-refractivity contribution in [2.24, 2.45) is 0 Å². The monoisotopic (exact) mass is 476 g/mol. The van der Waals surface area contributed by atoms with Gasteiger partial charge in [0.2, 0.25) is 0 Å². The molecule has 176 valence electrons. The van der Waals surface area contributed by atoms with Crippen LogP contribution in [0.15, 0.2) is 35.3 Å². The minimum Gasteiger partial charge on any atom is -0.361 e. The second-order valence-electron chi connectivity index (χ2n) is 8.59. The smallest absolute Gasteiger partial charge is 0.264 e. The quantitative estimate of drug-likeness (QED) is 0.591. The number of halogens is 2. The third-order valence-electron chi connectivity index (χ3n) is 6.42. The molecule has 1 aromatic carbocycles. The highest BCUT2D eigenvalue weighted by Crippen LogP contribution is 2.31.